The van der Waals surface area contributed by atoms with Gasteiger partial charge in [-0.05, 0) is 36.8 Å². The van der Waals surface area contributed by atoms with Crippen LogP contribution in [-0.2, 0) is 4.79 Å². The number of amides is 1. The third-order valence-corrected chi connectivity index (χ3v) is 4.85. The molecule has 1 amide bonds. The highest BCUT2D eigenvalue weighted by molar-refractivity contribution is 5.94. The second-order valence-electron chi connectivity index (χ2n) is 6.60. The van der Waals surface area contributed by atoms with Crippen molar-refractivity contribution in [1.29, 1.82) is 0 Å². The summed E-state index contributed by atoms with van der Waals surface area (Å²) in [5, 5.41) is 7.00. The van der Waals surface area contributed by atoms with Crippen LogP contribution in [0.25, 0.3) is 5.69 Å². The number of hydrogen-bond acceptors (Lipinski definition) is 4. The van der Waals surface area contributed by atoms with Crippen molar-refractivity contribution in [2.24, 2.45) is 0 Å². The van der Waals surface area contributed by atoms with Gasteiger partial charge in [-0.3, -0.25) is 4.79 Å². The number of benzene rings is 2. The minimum Gasteiger partial charge on any atom is -0.493 e. The Morgan fingerprint density at radius 3 is 2.76 bits per heavy atom. The first kappa shape index (κ1) is 18.9. The quantitative estimate of drug-likeness (QED) is 0.704. The highest BCUT2D eigenvalue weighted by atomic mass is 19.1. The van der Waals surface area contributed by atoms with E-state index in [1.54, 1.807) is 19.4 Å². The van der Waals surface area contributed by atoms with Gasteiger partial charge in [-0.2, -0.15) is 5.10 Å². The number of anilines is 1. The van der Waals surface area contributed by atoms with Crippen LogP contribution in [0.4, 0.5) is 14.6 Å². The lowest BCUT2D eigenvalue weighted by molar-refractivity contribution is -0.116. The van der Waals surface area contributed by atoms with Crippen molar-refractivity contribution in [2.75, 3.05) is 19.0 Å². The normalized spacial score (nSPS) is 15.6. The SMILES string of the molecule is CCOc1ccc(C2CC(=O)Nc3c2cnn3-c2ccc(F)cc2F)cc1OC. The molecule has 1 unspecified atom stereocenters. The molecule has 4 rings (SSSR count). The van der Waals surface area contributed by atoms with E-state index >= 15 is 0 Å². The fraction of sp³-hybridized carbons (Fsp3) is 0.238. The molecule has 3 aromatic rings. The van der Waals surface area contributed by atoms with Gasteiger partial charge >= 0.3 is 0 Å². The zero-order chi connectivity index (χ0) is 20.5. The molecule has 2 aromatic carbocycles. The molecule has 6 nitrogen and oxygen atoms in total. The number of methoxy groups -OCH3 is 1. The van der Waals surface area contributed by atoms with Crippen LogP contribution in [0.1, 0.15) is 30.4 Å². The highest BCUT2D eigenvalue weighted by Gasteiger charge is 2.31. The summed E-state index contributed by atoms with van der Waals surface area (Å²) in [4.78, 5) is 12.4. The Hall–Kier alpha value is -3.42. The molecule has 1 aromatic heterocycles. The largest absolute Gasteiger partial charge is 0.493 e. The number of carbonyl (C=O) groups is 1. The number of carbonyl (C=O) groups excluding carboxylic acids is 1. The van der Waals surface area contributed by atoms with E-state index in [4.69, 9.17) is 9.47 Å². The first-order chi connectivity index (χ1) is 14.0. The molecular formula is C21H19F2N3O3. The first-order valence-corrected chi connectivity index (χ1v) is 9.15. The number of nitrogens with zero attached hydrogens (tertiary/aromatic N) is 2. The summed E-state index contributed by atoms with van der Waals surface area (Å²) < 4.78 is 39.8. The van der Waals surface area contributed by atoms with Crippen LogP contribution in [-0.4, -0.2) is 29.4 Å². The molecule has 1 atom stereocenters. The fourth-order valence-corrected chi connectivity index (χ4v) is 3.53. The number of hydrogen-bond donors (Lipinski definition) is 1. The lowest BCUT2D eigenvalue weighted by Crippen LogP contribution is -2.24. The molecule has 150 valence electrons. The molecule has 2 heterocycles. The summed E-state index contributed by atoms with van der Waals surface area (Å²) in [6.07, 6.45) is 1.80. The molecule has 1 aliphatic rings. The fourth-order valence-electron chi connectivity index (χ4n) is 3.53. The molecule has 1 aliphatic heterocycles. The number of rotatable bonds is 5. The topological polar surface area (TPSA) is 65.4 Å². The van der Waals surface area contributed by atoms with Gasteiger partial charge in [-0.15, -0.1) is 0 Å². The smallest absolute Gasteiger partial charge is 0.226 e. The summed E-state index contributed by atoms with van der Waals surface area (Å²) >= 11 is 0. The molecule has 1 N–H and O–H groups in total. The second-order valence-corrected chi connectivity index (χ2v) is 6.60. The van der Waals surface area contributed by atoms with E-state index in [-0.39, 0.29) is 23.9 Å². The van der Waals surface area contributed by atoms with Crippen molar-refractivity contribution in [3.8, 4) is 17.2 Å². The van der Waals surface area contributed by atoms with Gasteiger partial charge in [0.2, 0.25) is 5.91 Å². The summed E-state index contributed by atoms with van der Waals surface area (Å²) in [6, 6.07) is 8.71. The van der Waals surface area contributed by atoms with Crippen LogP contribution in [0.5, 0.6) is 11.5 Å². The minimum atomic E-state index is -0.769. The Kier molecular flexibility index (Phi) is 4.92. The Labute approximate surface area is 166 Å². The predicted octanol–water partition coefficient (Wildman–Crippen LogP) is 4.03. The van der Waals surface area contributed by atoms with E-state index in [0.29, 0.717) is 23.9 Å². The Bertz CT molecular complexity index is 1080. The Balaban J connectivity index is 1.78. The second kappa shape index (κ2) is 7.54. The molecule has 29 heavy (non-hydrogen) atoms. The third-order valence-electron chi connectivity index (χ3n) is 4.85. The summed E-state index contributed by atoms with van der Waals surface area (Å²) in [7, 11) is 1.55. The van der Waals surface area contributed by atoms with E-state index in [9.17, 15) is 13.6 Å². The van der Waals surface area contributed by atoms with Crippen LogP contribution in [0, 0.1) is 11.6 Å². The van der Waals surface area contributed by atoms with Crippen LogP contribution in [0.15, 0.2) is 42.6 Å². The van der Waals surface area contributed by atoms with E-state index in [1.807, 2.05) is 19.1 Å². The first-order valence-electron chi connectivity index (χ1n) is 9.15. The van der Waals surface area contributed by atoms with Crippen molar-refractivity contribution in [2.45, 2.75) is 19.3 Å². The maximum absolute atomic E-state index is 14.3. The van der Waals surface area contributed by atoms with Gasteiger partial charge in [0.15, 0.2) is 17.3 Å². The molecule has 0 radical (unpaired) electrons. The van der Waals surface area contributed by atoms with Gasteiger partial charge in [-0.25, -0.2) is 13.5 Å². The Morgan fingerprint density at radius 2 is 2.03 bits per heavy atom. The third kappa shape index (κ3) is 3.41. The highest BCUT2D eigenvalue weighted by Crippen LogP contribution is 2.41. The van der Waals surface area contributed by atoms with Crippen LogP contribution in [0.2, 0.25) is 0 Å². The van der Waals surface area contributed by atoms with Crippen LogP contribution < -0.4 is 14.8 Å². The molecule has 0 saturated carbocycles. The van der Waals surface area contributed by atoms with Gasteiger partial charge in [0, 0.05) is 24.0 Å². The average molecular weight is 399 g/mol. The van der Waals surface area contributed by atoms with Gasteiger partial charge in [0.05, 0.1) is 19.9 Å². The van der Waals surface area contributed by atoms with Gasteiger partial charge in [-0.1, -0.05) is 6.07 Å². The van der Waals surface area contributed by atoms with Gasteiger partial charge in [0.25, 0.3) is 0 Å². The predicted molar refractivity (Wildman–Crippen MR) is 103 cm³/mol. The number of nitrogens with one attached hydrogen (secondary N) is 1. The number of ether oxygens (including phenoxy) is 2. The monoisotopic (exact) mass is 399 g/mol. The average Bonchev–Trinajstić information content (AvgIpc) is 3.11. The van der Waals surface area contributed by atoms with Crippen molar-refractivity contribution >= 4 is 11.7 Å². The van der Waals surface area contributed by atoms with Crippen LogP contribution in [0.3, 0.4) is 0 Å². The zero-order valence-corrected chi connectivity index (χ0v) is 15.9. The van der Waals surface area contributed by atoms with Crippen molar-refractivity contribution in [3.05, 3.63) is 65.4 Å². The van der Waals surface area contributed by atoms with E-state index < -0.39 is 11.6 Å². The van der Waals surface area contributed by atoms with Crippen LogP contribution >= 0.6 is 0 Å². The van der Waals surface area contributed by atoms with Gasteiger partial charge in [0.1, 0.15) is 17.3 Å². The van der Waals surface area contributed by atoms with E-state index in [0.717, 1.165) is 23.3 Å². The molecule has 8 heteroatoms. The van der Waals surface area contributed by atoms with E-state index in [2.05, 4.69) is 10.4 Å². The van der Waals surface area contributed by atoms with Crippen molar-refractivity contribution < 1.29 is 23.0 Å². The summed E-state index contributed by atoms with van der Waals surface area (Å²) in [5.74, 6) is -0.423. The van der Waals surface area contributed by atoms with E-state index in [1.165, 1.54) is 10.7 Å². The summed E-state index contributed by atoms with van der Waals surface area (Å²) in [5.41, 5.74) is 1.64. The molecular weight excluding hydrogens is 380 g/mol. The number of halogens is 2. The maximum atomic E-state index is 14.3. The number of aromatic nitrogens is 2. The van der Waals surface area contributed by atoms with Crippen molar-refractivity contribution in [1.82, 2.24) is 9.78 Å². The molecule has 0 saturated heterocycles. The lowest BCUT2D eigenvalue weighted by atomic mass is 9.87. The molecule has 0 spiro atoms. The minimum absolute atomic E-state index is 0.0536. The van der Waals surface area contributed by atoms with Crippen molar-refractivity contribution in [3.63, 3.8) is 0 Å². The van der Waals surface area contributed by atoms with Gasteiger partial charge < -0.3 is 14.8 Å². The lowest BCUT2D eigenvalue weighted by Gasteiger charge is -2.24. The summed E-state index contributed by atoms with van der Waals surface area (Å²) in [6.45, 7) is 2.38. The molecule has 0 aliphatic carbocycles. The standard InChI is InChI=1S/C21H19F2N3O3/c1-3-29-18-7-4-12(8-19(18)28-2)14-10-20(27)25-21-15(14)11-24-26(21)17-6-5-13(22)9-16(17)23/h4-9,11,14H,3,10H2,1-2H3,(H,25,27). The molecule has 0 fully saturated rings. The number of fused-ring (bicyclic) bond motifs is 1. The maximum Gasteiger partial charge on any atom is 0.226 e. The zero-order valence-electron chi connectivity index (χ0n) is 15.9. The Morgan fingerprint density at radius 1 is 1.21 bits per heavy atom. The molecule has 0 bridgehead atoms.